The predicted octanol–water partition coefficient (Wildman–Crippen LogP) is 4.14. The molecule has 1 unspecified atom stereocenters. The zero-order valence-corrected chi connectivity index (χ0v) is 12.0. The minimum absolute atomic E-state index is 0.100. The molecule has 0 amide bonds. The number of hydrogen-bond donors (Lipinski definition) is 1. The maximum Gasteiger partial charge on any atom is 0.0532 e. The topological polar surface area (TPSA) is 26.0 Å². The van der Waals surface area contributed by atoms with Crippen molar-refractivity contribution in [2.45, 2.75) is 51.0 Å². The monoisotopic (exact) mass is 261 g/mol. The first kappa shape index (κ1) is 11.5. The highest BCUT2D eigenvalue weighted by Gasteiger charge is 2.58. The zero-order valence-electron chi connectivity index (χ0n) is 11.2. The average molecular weight is 261 g/mol. The van der Waals surface area contributed by atoms with Gasteiger partial charge in [0.05, 0.1) is 5.54 Å². The molecule has 4 saturated carbocycles. The highest BCUT2D eigenvalue weighted by molar-refractivity contribution is 7.10. The second-order valence-corrected chi connectivity index (χ2v) is 8.33. The molecule has 18 heavy (non-hydrogen) atoms. The molecule has 1 aromatic rings. The molecule has 0 saturated heterocycles. The molecule has 4 aliphatic carbocycles. The normalized spacial score (nSPS) is 45.1. The summed E-state index contributed by atoms with van der Waals surface area (Å²) in [5, 5.41) is 2.18. The lowest BCUT2D eigenvalue weighted by molar-refractivity contribution is -0.0944. The first-order chi connectivity index (χ1) is 8.59. The Morgan fingerprint density at radius 2 is 1.72 bits per heavy atom. The fourth-order valence-corrected chi connectivity index (χ4v) is 6.50. The molecular weight excluding hydrogens is 238 g/mol. The van der Waals surface area contributed by atoms with Crippen molar-refractivity contribution in [1.29, 1.82) is 0 Å². The van der Waals surface area contributed by atoms with Crippen LogP contribution in [-0.2, 0) is 5.54 Å². The molecule has 4 bridgehead atoms. The van der Waals surface area contributed by atoms with Crippen LogP contribution in [0.25, 0.3) is 0 Å². The molecule has 0 aliphatic heterocycles. The maximum atomic E-state index is 6.89. The summed E-state index contributed by atoms with van der Waals surface area (Å²) in [5.41, 5.74) is 7.20. The van der Waals surface area contributed by atoms with Gasteiger partial charge in [0.25, 0.3) is 0 Å². The van der Waals surface area contributed by atoms with Crippen LogP contribution in [0.3, 0.4) is 0 Å². The molecule has 2 heteroatoms. The number of nitrogens with two attached hydrogens (primary N) is 1. The van der Waals surface area contributed by atoms with Crippen molar-refractivity contribution in [3.63, 3.8) is 0 Å². The van der Waals surface area contributed by atoms with Gasteiger partial charge in [-0.05, 0) is 80.1 Å². The Morgan fingerprint density at radius 1 is 1.17 bits per heavy atom. The average Bonchev–Trinajstić information content (AvgIpc) is 2.80. The van der Waals surface area contributed by atoms with E-state index in [2.05, 4.69) is 24.4 Å². The SMILES string of the molecule is CC(N)(c1cccs1)C12CC3CC(CC(C3)C1)C2. The Morgan fingerprint density at radius 3 is 2.17 bits per heavy atom. The van der Waals surface area contributed by atoms with Crippen molar-refractivity contribution in [3.8, 4) is 0 Å². The smallest absolute Gasteiger partial charge is 0.0532 e. The van der Waals surface area contributed by atoms with Gasteiger partial charge in [0.2, 0.25) is 0 Å². The van der Waals surface area contributed by atoms with Crippen LogP contribution < -0.4 is 5.73 Å². The summed E-state index contributed by atoms with van der Waals surface area (Å²) in [7, 11) is 0. The predicted molar refractivity (Wildman–Crippen MR) is 76.5 cm³/mol. The van der Waals surface area contributed by atoms with E-state index in [1.807, 2.05) is 11.3 Å². The van der Waals surface area contributed by atoms with Gasteiger partial charge in [0.1, 0.15) is 0 Å². The molecule has 2 N–H and O–H groups in total. The Labute approximate surface area is 114 Å². The Bertz CT molecular complexity index is 410. The van der Waals surface area contributed by atoms with Crippen molar-refractivity contribution in [2.75, 3.05) is 0 Å². The summed E-state index contributed by atoms with van der Waals surface area (Å²) in [6.45, 7) is 2.31. The second kappa shape index (κ2) is 3.61. The number of hydrogen-bond acceptors (Lipinski definition) is 2. The first-order valence-corrected chi connectivity index (χ1v) is 8.30. The van der Waals surface area contributed by atoms with Crippen LogP contribution in [0.4, 0.5) is 0 Å². The van der Waals surface area contributed by atoms with Crippen molar-refractivity contribution in [3.05, 3.63) is 22.4 Å². The molecule has 1 nitrogen and oxygen atoms in total. The lowest BCUT2D eigenvalue weighted by Gasteiger charge is -2.62. The van der Waals surface area contributed by atoms with Crippen LogP contribution in [0.15, 0.2) is 17.5 Å². The van der Waals surface area contributed by atoms with Crippen LogP contribution in [0.5, 0.6) is 0 Å². The summed E-state index contributed by atoms with van der Waals surface area (Å²) in [6.07, 6.45) is 8.68. The van der Waals surface area contributed by atoms with E-state index in [1.54, 1.807) is 0 Å². The fraction of sp³-hybridized carbons (Fsp3) is 0.750. The third kappa shape index (κ3) is 1.42. The van der Waals surface area contributed by atoms with Crippen LogP contribution >= 0.6 is 11.3 Å². The van der Waals surface area contributed by atoms with Gasteiger partial charge < -0.3 is 5.73 Å². The molecule has 1 aromatic heterocycles. The fourth-order valence-electron chi connectivity index (χ4n) is 5.58. The van der Waals surface area contributed by atoms with E-state index in [4.69, 9.17) is 5.73 Å². The van der Waals surface area contributed by atoms with Crippen LogP contribution in [0.2, 0.25) is 0 Å². The number of thiophene rings is 1. The molecule has 5 rings (SSSR count). The van der Waals surface area contributed by atoms with Gasteiger partial charge in [-0.15, -0.1) is 11.3 Å². The molecule has 0 radical (unpaired) electrons. The summed E-state index contributed by atoms with van der Waals surface area (Å²) in [4.78, 5) is 1.41. The zero-order chi connectivity index (χ0) is 12.4. The molecule has 0 spiro atoms. The highest BCUT2D eigenvalue weighted by atomic mass is 32.1. The van der Waals surface area contributed by atoms with E-state index in [0.29, 0.717) is 5.41 Å². The van der Waals surface area contributed by atoms with Crippen LogP contribution in [0, 0.1) is 23.2 Å². The van der Waals surface area contributed by atoms with Gasteiger partial charge in [-0.25, -0.2) is 0 Å². The van der Waals surface area contributed by atoms with Gasteiger partial charge in [-0.3, -0.25) is 0 Å². The van der Waals surface area contributed by atoms with E-state index in [9.17, 15) is 0 Å². The third-order valence-corrected chi connectivity index (χ3v) is 7.28. The summed E-state index contributed by atoms with van der Waals surface area (Å²) < 4.78 is 0. The lowest BCUT2D eigenvalue weighted by Crippen LogP contribution is -2.59. The largest absolute Gasteiger partial charge is 0.321 e. The van der Waals surface area contributed by atoms with E-state index < -0.39 is 0 Å². The molecule has 4 aliphatic rings. The second-order valence-electron chi connectivity index (χ2n) is 7.38. The maximum absolute atomic E-state index is 6.89. The Kier molecular flexibility index (Phi) is 2.30. The molecule has 98 valence electrons. The molecule has 1 atom stereocenters. The molecule has 0 aromatic carbocycles. The third-order valence-electron chi connectivity index (χ3n) is 6.17. The van der Waals surface area contributed by atoms with Crippen molar-refractivity contribution < 1.29 is 0 Å². The molecule has 4 fully saturated rings. The van der Waals surface area contributed by atoms with Gasteiger partial charge in [-0.2, -0.15) is 0 Å². The van der Waals surface area contributed by atoms with Crippen molar-refractivity contribution in [2.24, 2.45) is 28.9 Å². The Hall–Kier alpha value is -0.340. The quantitative estimate of drug-likeness (QED) is 0.850. The van der Waals surface area contributed by atoms with Gasteiger partial charge in [-0.1, -0.05) is 6.07 Å². The summed E-state index contributed by atoms with van der Waals surface area (Å²) in [5.74, 6) is 2.96. The van der Waals surface area contributed by atoms with Gasteiger partial charge in [0.15, 0.2) is 0 Å². The van der Waals surface area contributed by atoms with Crippen LogP contribution in [0.1, 0.15) is 50.3 Å². The van der Waals surface area contributed by atoms with E-state index in [-0.39, 0.29) is 5.54 Å². The molecule has 1 heterocycles. The van der Waals surface area contributed by atoms with Crippen LogP contribution in [-0.4, -0.2) is 0 Å². The Balaban J connectivity index is 1.75. The minimum atomic E-state index is -0.100. The minimum Gasteiger partial charge on any atom is -0.321 e. The first-order valence-electron chi connectivity index (χ1n) is 7.42. The summed E-state index contributed by atoms with van der Waals surface area (Å²) in [6, 6.07) is 4.41. The van der Waals surface area contributed by atoms with E-state index >= 15 is 0 Å². The van der Waals surface area contributed by atoms with E-state index in [1.165, 1.54) is 43.4 Å². The van der Waals surface area contributed by atoms with Crippen molar-refractivity contribution in [1.82, 2.24) is 0 Å². The standard InChI is InChI=1S/C16H23NS/c1-15(17,14-3-2-4-18-14)16-8-11-5-12(9-16)7-13(6-11)10-16/h2-4,11-13H,5-10,17H2,1H3. The van der Waals surface area contributed by atoms with Gasteiger partial charge >= 0.3 is 0 Å². The molecular formula is C16H23NS. The van der Waals surface area contributed by atoms with Gasteiger partial charge in [0, 0.05) is 4.88 Å². The lowest BCUT2D eigenvalue weighted by atomic mass is 9.45. The highest BCUT2D eigenvalue weighted by Crippen LogP contribution is 2.65. The number of rotatable bonds is 2. The summed E-state index contributed by atoms with van der Waals surface area (Å²) >= 11 is 1.85. The van der Waals surface area contributed by atoms with E-state index in [0.717, 1.165) is 17.8 Å². The van der Waals surface area contributed by atoms with Crippen molar-refractivity contribution >= 4 is 11.3 Å².